The highest BCUT2D eigenvalue weighted by Gasteiger charge is 2.08. The van der Waals surface area contributed by atoms with E-state index in [9.17, 15) is 13.2 Å². The molecular formula is C10H10F3N. The summed E-state index contributed by atoms with van der Waals surface area (Å²) in [6.45, 7) is 0.461. The van der Waals surface area contributed by atoms with E-state index in [1.165, 1.54) is 6.08 Å². The van der Waals surface area contributed by atoms with Crippen molar-refractivity contribution in [1.29, 1.82) is 0 Å². The molecule has 0 spiro atoms. The minimum absolute atomic E-state index is 0.287. The first-order valence-corrected chi connectivity index (χ1v) is 4.16. The zero-order chi connectivity index (χ0) is 10.6. The van der Waals surface area contributed by atoms with Crippen LogP contribution in [0.5, 0.6) is 0 Å². The Kier molecular flexibility index (Phi) is 3.71. The highest BCUT2D eigenvalue weighted by molar-refractivity contribution is 5.49. The number of rotatable bonds is 3. The van der Waals surface area contributed by atoms with Crippen LogP contribution in [0.3, 0.4) is 0 Å². The van der Waals surface area contributed by atoms with Crippen molar-refractivity contribution in [1.82, 2.24) is 0 Å². The molecule has 14 heavy (non-hydrogen) atoms. The summed E-state index contributed by atoms with van der Waals surface area (Å²) in [7, 11) is 0. The number of nitrogens with two attached hydrogens (primary N) is 1. The molecule has 0 bridgehead atoms. The summed E-state index contributed by atoms with van der Waals surface area (Å²) in [6, 6.07) is 1.87. The summed E-state index contributed by atoms with van der Waals surface area (Å²) in [5.74, 6) is -3.81. The maximum Gasteiger partial charge on any atom is 0.194 e. The fourth-order valence-electron chi connectivity index (χ4n) is 0.987. The van der Waals surface area contributed by atoms with Gasteiger partial charge >= 0.3 is 0 Å². The van der Waals surface area contributed by atoms with Crippen molar-refractivity contribution in [2.45, 2.75) is 6.42 Å². The molecule has 0 aliphatic carbocycles. The van der Waals surface area contributed by atoms with E-state index in [4.69, 9.17) is 5.73 Å². The Morgan fingerprint density at radius 3 is 2.21 bits per heavy atom. The third-order valence-electron chi connectivity index (χ3n) is 1.65. The van der Waals surface area contributed by atoms with Crippen molar-refractivity contribution >= 4 is 6.08 Å². The lowest BCUT2D eigenvalue weighted by atomic mass is 10.2. The molecule has 0 aliphatic heterocycles. The van der Waals surface area contributed by atoms with Crippen LogP contribution in [0.1, 0.15) is 12.0 Å². The number of benzene rings is 1. The molecule has 0 amide bonds. The minimum atomic E-state index is -1.44. The van der Waals surface area contributed by atoms with E-state index in [0.29, 0.717) is 13.0 Å². The molecule has 0 saturated carbocycles. The van der Waals surface area contributed by atoms with E-state index in [2.05, 4.69) is 0 Å². The summed E-state index contributed by atoms with van der Waals surface area (Å²) >= 11 is 0. The van der Waals surface area contributed by atoms with Crippen LogP contribution in [0.4, 0.5) is 13.2 Å². The van der Waals surface area contributed by atoms with Crippen LogP contribution in [0.15, 0.2) is 18.2 Å². The lowest BCUT2D eigenvalue weighted by molar-refractivity contribution is 0.447. The quantitative estimate of drug-likeness (QED) is 0.747. The molecule has 76 valence electrons. The first kappa shape index (κ1) is 10.8. The molecule has 0 aliphatic rings. The standard InChI is InChI=1S/C10H10F3N/c11-8-5-7(3-1-2-4-14)6-9(12)10(8)13/h1,3,5-6H,2,4,14H2/b3-1+. The zero-order valence-corrected chi connectivity index (χ0v) is 7.43. The largest absolute Gasteiger partial charge is 0.330 e. The third-order valence-corrected chi connectivity index (χ3v) is 1.65. The molecule has 0 atom stereocenters. The van der Waals surface area contributed by atoms with Gasteiger partial charge < -0.3 is 5.73 Å². The van der Waals surface area contributed by atoms with Gasteiger partial charge in [0.25, 0.3) is 0 Å². The summed E-state index contributed by atoms with van der Waals surface area (Å²) in [6.07, 6.45) is 3.78. The molecule has 1 nitrogen and oxygen atoms in total. The van der Waals surface area contributed by atoms with Crippen LogP contribution in [0, 0.1) is 17.5 Å². The molecule has 0 fully saturated rings. The second kappa shape index (κ2) is 4.81. The Balaban J connectivity index is 2.89. The molecule has 0 radical (unpaired) electrons. The van der Waals surface area contributed by atoms with Crippen molar-refractivity contribution < 1.29 is 13.2 Å². The summed E-state index contributed by atoms with van der Waals surface area (Å²) < 4.78 is 37.9. The first-order chi connectivity index (χ1) is 6.65. The van der Waals surface area contributed by atoms with Gasteiger partial charge in [-0.15, -0.1) is 0 Å². The Morgan fingerprint density at radius 2 is 1.71 bits per heavy atom. The van der Waals surface area contributed by atoms with Gasteiger partial charge in [-0.25, -0.2) is 13.2 Å². The predicted molar refractivity (Wildman–Crippen MR) is 49.0 cm³/mol. The Labute approximate surface area is 80.0 Å². The fraction of sp³-hybridized carbons (Fsp3) is 0.200. The molecule has 0 saturated heterocycles. The predicted octanol–water partition coefficient (Wildman–Crippen LogP) is 2.47. The van der Waals surface area contributed by atoms with Crippen LogP contribution in [-0.2, 0) is 0 Å². The number of hydrogen-bond donors (Lipinski definition) is 1. The van der Waals surface area contributed by atoms with Gasteiger partial charge in [0, 0.05) is 0 Å². The van der Waals surface area contributed by atoms with Gasteiger partial charge in [-0.1, -0.05) is 12.2 Å². The molecule has 4 heteroatoms. The number of halogens is 3. The smallest absolute Gasteiger partial charge is 0.194 e. The monoisotopic (exact) mass is 201 g/mol. The van der Waals surface area contributed by atoms with Crippen LogP contribution < -0.4 is 5.73 Å². The SMILES string of the molecule is NCC/C=C/c1cc(F)c(F)c(F)c1. The molecule has 0 aromatic heterocycles. The van der Waals surface area contributed by atoms with Gasteiger partial charge in [0.05, 0.1) is 0 Å². The fourth-order valence-corrected chi connectivity index (χ4v) is 0.987. The molecular weight excluding hydrogens is 191 g/mol. The average Bonchev–Trinajstić information content (AvgIpc) is 2.14. The van der Waals surface area contributed by atoms with Crippen LogP contribution in [0.25, 0.3) is 6.08 Å². The molecule has 1 aromatic rings. The lowest BCUT2D eigenvalue weighted by Crippen LogP contribution is -1.95. The highest BCUT2D eigenvalue weighted by Crippen LogP contribution is 2.14. The van der Waals surface area contributed by atoms with Gasteiger partial charge in [0.2, 0.25) is 0 Å². The Bertz CT molecular complexity index is 324. The van der Waals surface area contributed by atoms with Gasteiger partial charge in [0.1, 0.15) is 0 Å². The van der Waals surface area contributed by atoms with E-state index >= 15 is 0 Å². The average molecular weight is 201 g/mol. The van der Waals surface area contributed by atoms with Gasteiger partial charge in [0.15, 0.2) is 17.5 Å². The highest BCUT2D eigenvalue weighted by atomic mass is 19.2. The van der Waals surface area contributed by atoms with Crippen molar-refractivity contribution in [3.8, 4) is 0 Å². The zero-order valence-electron chi connectivity index (χ0n) is 7.43. The van der Waals surface area contributed by atoms with Gasteiger partial charge in [-0.2, -0.15) is 0 Å². The van der Waals surface area contributed by atoms with E-state index in [-0.39, 0.29) is 5.56 Å². The normalized spacial score (nSPS) is 11.1. The van der Waals surface area contributed by atoms with Crippen molar-refractivity contribution in [3.05, 3.63) is 41.2 Å². The lowest BCUT2D eigenvalue weighted by Gasteiger charge is -1.97. The van der Waals surface area contributed by atoms with E-state index in [1.54, 1.807) is 6.08 Å². The molecule has 2 N–H and O–H groups in total. The van der Waals surface area contributed by atoms with Crippen LogP contribution in [0.2, 0.25) is 0 Å². The topological polar surface area (TPSA) is 26.0 Å². The van der Waals surface area contributed by atoms with Crippen molar-refractivity contribution in [2.24, 2.45) is 5.73 Å². The second-order valence-corrected chi connectivity index (χ2v) is 2.78. The van der Waals surface area contributed by atoms with Gasteiger partial charge in [-0.05, 0) is 30.7 Å². The van der Waals surface area contributed by atoms with E-state index in [1.807, 2.05) is 0 Å². The summed E-state index contributed by atoms with van der Waals surface area (Å²) in [5.41, 5.74) is 5.50. The Morgan fingerprint density at radius 1 is 1.14 bits per heavy atom. The second-order valence-electron chi connectivity index (χ2n) is 2.78. The van der Waals surface area contributed by atoms with Gasteiger partial charge in [-0.3, -0.25) is 0 Å². The van der Waals surface area contributed by atoms with Crippen molar-refractivity contribution in [2.75, 3.05) is 6.54 Å². The van der Waals surface area contributed by atoms with E-state index < -0.39 is 17.5 Å². The third kappa shape index (κ3) is 2.60. The van der Waals surface area contributed by atoms with Crippen LogP contribution in [-0.4, -0.2) is 6.54 Å². The molecule has 1 aromatic carbocycles. The minimum Gasteiger partial charge on any atom is -0.330 e. The first-order valence-electron chi connectivity index (χ1n) is 4.16. The Hall–Kier alpha value is -1.29. The maximum absolute atomic E-state index is 12.7. The molecule has 0 heterocycles. The van der Waals surface area contributed by atoms with Crippen molar-refractivity contribution in [3.63, 3.8) is 0 Å². The maximum atomic E-state index is 12.7. The summed E-state index contributed by atoms with van der Waals surface area (Å²) in [4.78, 5) is 0. The van der Waals surface area contributed by atoms with Crippen LogP contribution >= 0.6 is 0 Å². The summed E-state index contributed by atoms with van der Waals surface area (Å²) in [5, 5.41) is 0. The molecule has 0 unspecified atom stereocenters. The number of hydrogen-bond acceptors (Lipinski definition) is 1. The molecule has 1 rings (SSSR count). The van der Waals surface area contributed by atoms with E-state index in [0.717, 1.165) is 12.1 Å².